The second-order valence-electron chi connectivity index (χ2n) is 9.59. The largest absolute Gasteiger partial charge is 0.336 e. The number of anilines is 1. The summed E-state index contributed by atoms with van der Waals surface area (Å²) in [4.78, 5) is 30.5. The van der Waals surface area contributed by atoms with Crippen LogP contribution in [0.1, 0.15) is 61.4 Å². The Balaban J connectivity index is 1.41. The minimum atomic E-state index is -0.148. The predicted molar refractivity (Wildman–Crippen MR) is 134 cm³/mol. The first-order chi connectivity index (χ1) is 15.9. The third kappa shape index (κ3) is 5.77. The molecule has 1 heterocycles. The van der Waals surface area contributed by atoms with Crippen LogP contribution in [0.15, 0.2) is 48.5 Å². The fraction of sp³-hybridized carbons (Fsp3) is 0.481. The van der Waals surface area contributed by atoms with Gasteiger partial charge in [0, 0.05) is 42.5 Å². The maximum atomic E-state index is 13.4. The molecule has 6 heteroatoms. The van der Waals surface area contributed by atoms with E-state index >= 15 is 0 Å². The molecule has 2 aliphatic rings. The number of rotatable bonds is 6. The monoisotopic (exact) mass is 467 g/mol. The van der Waals surface area contributed by atoms with Crippen LogP contribution < -0.4 is 5.32 Å². The van der Waals surface area contributed by atoms with Crippen LogP contribution in [-0.4, -0.2) is 53.8 Å². The molecular weight excluding hydrogens is 434 g/mol. The summed E-state index contributed by atoms with van der Waals surface area (Å²) >= 11 is 5.96. The molecule has 0 spiro atoms. The molecule has 1 aliphatic carbocycles. The van der Waals surface area contributed by atoms with Crippen LogP contribution in [0.3, 0.4) is 0 Å². The molecule has 1 N–H and O–H groups in total. The van der Waals surface area contributed by atoms with Crippen LogP contribution in [-0.2, 0) is 4.79 Å². The number of halogens is 1. The van der Waals surface area contributed by atoms with E-state index in [1.807, 2.05) is 17.0 Å². The normalized spacial score (nSPS) is 18.5. The van der Waals surface area contributed by atoms with Crippen molar-refractivity contribution in [2.45, 2.75) is 51.5 Å². The van der Waals surface area contributed by atoms with Gasteiger partial charge in [0.25, 0.3) is 5.91 Å². The van der Waals surface area contributed by atoms with Crippen molar-refractivity contribution in [1.29, 1.82) is 0 Å². The van der Waals surface area contributed by atoms with Gasteiger partial charge in [-0.25, -0.2) is 0 Å². The quantitative estimate of drug-likeness (QED) is 0.617. The lowest BCUT2D eigenvalue weighted by atomic mass is 9.94. The molecule has 2 aromatic carbocycles. The van der Waals surface area contributed by atoms with Crippen molar-refractivity contribution in [2.75, 3.05) is 31.5 Å². The first-order valence-corrected chi connectivity index (χ1v) is 12.5. The highest BCUT2D eigenvalue weighted by Gasteiger charge is 2.37. The Bertz CT molecular complexity index is 944. The second kappa shape index (κ2) is 10.7. The number of amides is 2. The molecule has 1 unspecified atom stereocenters. The van der Waals surface area contributed by atoms with Gasteiger partial charge in [-0.1, -0.05) is 50.4 Å². The van der Waals surface area contributed by atoms with Crippen molar-refractivity contribution < 1.29 is 9.59 Å². The molecule has 176 valence electrons. The fourth-order valence-corrected chi connectivity index (χ4v) is 5.22. The van der Waals surface area contributed by atoms with Crippen LogP contribution in [0.4, 0.5) is 5.69 Å². The Morgan fingerprint density at radius 1 is 0.909 bits per heavy atom. The van der Waals surface area contributed by atoms with Gasteiger partial charge < -0.3 is 10.2 Å². The lowest BCUT2D eigenvalue weighted by Crippen LogP contribution is -2.56. The number of nitrogens with zero attached hydrogens (tertiary/aromatic N) is 2. The zero-order valence-corrected chi connectivity index (χ0v) is 20.4. The molecule has 1 saturated carbocycles. The lowest BCUT2D eigenvalue weighted by Gasteiger charge is -2.40. The molecule has 4 rings (SSSR count). The van der Waals surface area contributed by atoms with Crippen LogP contribution in [0, 0.1) is 5.92 Å². The van der Waals surface area contributed by atoms with Crippen molar-refractivity contribution >= 4 is 29.1 Å². The molecule has 2 aromatic rings. The highest BCUT2D eigenvalue weighted by molar-refractivity contribution is 6.30. The zero-order valence-electron chi connectivity index (χ0n) is 19.6. The van der Waals surface area contributed by atoms with Crippen molar-refractivity contribution in [3.8, 4) is 0 Å². The van der Waals surface area contributed by atoms with Gasteiger partial charge >= 0.3 is 0 Å². The van der Waals surface area contributed by atoms with E-state index in [-0.39, 0.29) is 17.9 Å². The molecule has 5 nitrogen and oxygen atoms in total. The molecule has 33 heavy (non-hydrogen) atoms. The summed E-state index contributed by atoms with van der Waals surface area (Å²) in [6.45, 7) is 7.00. The van der Waals surface area contributed by atoms with Crippen LogP contribution >= 0.6 is 11.6 Å². The summed E-state index contributed by atoms with van der Waals surface area (Å²) < 4.78 is 0. The summed E-state index contributed by atoms with van der Waals surface area (Å²) in [6.07, 6.45) is 4.56. The highest BCUT2D eigenvalue weighted by Crippen LogP contribution is 2.32. The van der Waals surface area contributed by atoms with Crippen molar-refractivity contribution in [3.63, 3.8) is 0 Å². The highest BCUT2D eigenvalue weighted by atomic mass is 35.5. The van der Waals surface area contributed by atoms with E-state index in [1.165, 1.54) is 18.4 Å². The van der Waals surface area contributed by atoms with E-state index in [2.05, 4.69) is 36.2 Å². The molecule has 0 aromatic heterocycles. The summed E-state index contributed by atoms with van der Waals surface area (Å²) in [5, 5.41) is 3.80. The molecule has 2 amide bonds. The van der Waals surface area contributed by atoms with Crippen LogP contribution in [0.2, 0.25) is 5.02 Å². The number of hydrogen-bond donors (Lipinski definition) is 1. The summed E-state index contributed by atoms with van der Waals surface area (Å²) in [6, 6.07) is 15.1. The molecule has 1 atom stereocenters. The number of hydrogen-bond acceptors (Lipinski definition) is 3. The van der Waals surface area contributed by atoms with Crippen LogP contribution in [0.25, 0.3) is 0 Å². The van der Waals surface area contributed by atoms with E-state index in [9.17, 15) is 9.59 Å². The number of benzene rings is 2. The topological polar surface area (TPSA) is 52.7 Å². The van der Waals surface area contributed by atoms with Gasteiger partial charge in [0.1, 0.15) is 0 Å². The van der Waals surface area contributed by atoms with Gasteiger partial charge in [-0.15, -0.1) is 0 Å². The maximum Gasteiger partial charge on any atom is 0.253 e. The van der Waals surface area contributed by atoms with Crippen molar-refractivity contribution in [1.82, 2.24) is 9.80 Å². The predicted octanol–water partition coefficient (Wildman–Crippen LogP) is 5.42. The summed E-state index contributed by atoms with van der Waals surface area (Å²) in [7, 11) is 0. The Kier molecular flexibility index (Phi) is 7.71. The van der Waals surface area contributed by atoms with Gasteiger partial charge in [0.15, 0.2) is 0 Å². The first kappa shape index (κ1) is 23.8. The zero-order chi connectivity index (χ0) is 23.4. The molecular formula is C27H34ClN3O2. The summed E-state index contributed by atoms with van der Waals surface area (Å²) in [5.74, 6) is 0.946. The average Bonchev–Trinajstić information content (AvgIpc) is 3.34. The smallest absolute Gasteiger partial charge is 0.253 e. The molecule has 1 saturated heterocycles. The second-order valence-corrected chi connectivity index (χ2v) is 10.0. The van der Waals surface area contributed by atoms with E-state index in [1.54, 1.807) is 24.3 Å². The Morgan fingerprint density at radius 2 is 1.52 bits per heavy atom. The molecule has 0 radical (unpaired) electrons. The van der Waals surface area contributed by atoms with Crippen molar-refractivity contribution in [3.05, 3.63) is 64.7 Å². The minimum absolute atomic E-state index is 0.0263. The van der Waals surface area contributed by atoms with E-state index in [0.717, 1.165) is 18.5 Å². The van der Waals surface area contributed by atoms with Gasteiger partial charge in [0.05, 0.1) is 6.04 Å². The third-order valence-corrected chi connectivity index (χ3v) is 7.30. The SMILES string of the molecule is CC(C)c1ccc(NC(=O)C(C2CCCC2)N2CCN(C(=O)c3ccc(Cl)cc3)CC2)cc1. The first-order valence-electron chi connectivity index (χ1n) is 12.1. The van der Waals surface area contributed by atoms with Crippen LogP contribution in [0.5, 0.6) is 0 Å². The average molecular weight is 468 g/mol. The third-order valence-electron chi connectivity index (χ3n) is 7.05. The number of carbonyl (C=O) groups excluding carboxylic acids is 2. The van der Waals surface area contributed by atoms with Gasteiger partial charge in [-0.3, -0.25) is 14.5 Å². The van der Waals surface area contributed by atoms with Gasteiger partial charge in [-0.2, -0.15) is 0 Å². The van der Waals surface area contributed by atoms with E-state index < -0.39 is 0 Å². The van der Waals surface area contributed by atoms with E-state index in [0.29, 0.717) is 48.6 Å². The number of nitrogens with one attached hydrogen (secondary N) is 1. The van der Waals surface area contributed by atoms with E-state index in [4.69, 9.17) is 11.6 Å². The van der Waals surface area contributed by atoms with Gasteiger partial charge in [0.2, 0.25) is 5.91 Å². The standard InChI is InChI=1S/C27H34ClN3O2/c1-19(2)20-9-13-24(14-10-20)29-26(32)25(21-5-3-4-6-21)30-15-17-31(18-16-30)27(33)22-7-11-23(28)12-8-22/h7-14,19,21,25H,3-6,15-18H2,1-2H3,(H,29,32). The number of piperazine rings is 1. The Labute approximate surface area is 202 Å². The lowest BCUT2D eigenvalue weighted by molar-refractivity contribution is -0.123. The fourth-order valence-electron chi connectivity index (χ4n) is 5.10. The molecule has 2 fully saturated rings. The summed E-state index contributed by atoms with van der Waals surface area (Å²) in [5.41, 5.74) is 2.77. The van der Waals surface area contributed by atoms with Crippen molar-refractivity contribution in [2.24, 2.45) is 5.92 Å². The van der Waals surface area contributed by atoms with Gasteiger partial charge in [-0.05, 0) is 66.6 Å². The molecule has 0 bridgehead atoms. The Hall–Kier alpha value is -2.37. The molecule has 1 aliphatic heterocycles. The maximum absolute atomic E-state index is 13.4. The Morgan fingerprint density at radius 3 is 2.09 bits per heavy atom. The minimum Gasteiger partial charge on any atom is -0.336 e. The number of carbonyl (C=O) groups is 2.